The smallest absolute Gasteiger partial charge is 0.0447 e. The highest BCUT2D eigenvalue weighted by Gasteiger charge is 2.16. The Balaban J connectivity index is 3.02. The fourth-order valence-corrected chi connectivity index (χ4v) is 2.64. The molecule has 1 rings (SSSR count). The monoisotopic (exact) mass is 356 g/mol. The van der Waals surface area contributed by atoms with Gasteiger partial charge in [-0.25, -0.2) is 0 Å². The van der Waals surface area contributed by atoms with Gasteiger partial charge in [0.15, 0.2) is 0 Å². The molecule has 0 amide bonds. The predicted molar refractivity (Wildman–Crippen MR) is 94.9 cm³/mol. The second-order valence-corrected chi connectivity index (χ2v) is 7.66. The van der Waals surface area contributed by atoms with E-state index in [0.717, 1.165) is 24.0 Å². The molecule has 0 spiro atoms. The van der Waals surface area contributed by atoms with Crippen LogP contribution in [-0.4, -0.2) is 29.8 Å². The van der Waals surface area contributed by atoms with E-state index in [0.29, 0.717) is 6.04 Å². The van der Waals surface area contributed by atoms with Gasteiger partial charge in [-0.2, -0.15) is 0 Å². The largest absolute Gasteiger partial charge is 0.396 e. The number of benzene rings is 1. The number of aliphatic hydroxyl groups is 1. The average molecular weight is 357 g/mol. The molecule has 0 aliphatic heterocycles. The molecule has 0 aliphatic carbocycles. The van der Waals surface area contributed by atoms with Crippen molar-refractivity contribution in [2.45, 2.75) is 59.2 Å². The lowest BCUT2D eigenvalue weighted by Gasteiger charge is -2.32. The Bertz CT molecular complexity index is 441. The van der Waals surface area contributed by atoms with Crippen molar-refractivity contribution in [3.05, 3.63) is 28.2 Å². The van der Waals surface area contributed by atoms with Gasteiger partial charge in [-0.05, 0) is 64.8 Å². The molecule has 0 aromatic heterocycles. The quantitative estimate of drug-likeness (QED) is 0.776. The molecule has 0 atom stereocenters. The Hall–Kier alpha value is -0.580. The SMILES string of the molecule is CC(C)N(CCCO)c1ccc(Br)cc1CNC(C)(C)C. The van der Waals surface area contributed by atoms with E-state index in [9.17, 15) is 0 Å². The van der Waals surface area contributed by atoms with Crippen molar-refractivity contribution in [3.63, 3.8) is 0 Å². The van der Waals surface area contributed by atoms with E-state index in [1.165, 1.54) is 11.3 Å². The third kappa shape index (κ3) is 6.37. The van der Waals surface area contributed by atoms with Gasteiger partial charge >= 0.3 is 0 Å². The van der Waals surface area contributed by atoms with Crippen molar-refractivity contribution >= 4 is 21.6 Å². The Morgan fingerprint density at radius 3 is 2.48 bits per heavy atom. The molecule has 0 fully saturated rings. The van der Waals surface area contributed by atoms with Crippen molar-refractivity contribution in [2.75, 3.05) is 18.1 Å². The molecule has 0 saturated heterocycles. The van der Waals surface area contributed by atoms with Crippen molar-refractivity contribution < 1.29 is 5.11 Å². The van der Waals surface area contributed by atoms with Gasteiger partial charge in [0, 0.05) is 41.4 Å². The van der Waals surface area contributed by atoms with Gasteiger partial charge in [-0.1, -0.05) is 15.9 Å². The van der Waals surface area contributed by atoms with Crippen LogP contribution in [0.15, 0.2) is 22.7 Å². The van der Waals surface area contributed by atoms with E-state index in [1.54, 1.807) is 0 Å². The topological polar surface area (TPSA) is 35.5 Å². The molecule has 0 aliphatic rings. The van der Waals surface area contributed by atoms with E-state index in [-0.39, 0.29) is 12.1 Å². The summed E-state index contributed by atoms with van der Waals surface area (Å²) in [5, 5.41) is 12.7. The molecule has 0 radical (unpaired) electrons. The van der Waals surface area contributed by atoms with Crippen molar-refractivity contribution in [2.24, 2.45) is 0 Å². The number of hydrogen-bond acceptors (Lipinski definition) is 3. The van der Waals surface area contributed by atoms with Crippen molar-refractivity contribution in [1.82, 2.24) is 5.32 Å². The maximum atomic E-state index is 9.12. The molecule has 0 saturated carbocycles. The van der Waals surface area contributed by atoms with Gasteiger partial charge in [0.05, 0.1) is 0 Å². The van der Waals surface area contributed by atoms with Gasteiger partial charge in [0.25, 0.3) is 0 Å². The number of anilines is 1. The highest BCUT2D eigenvalue weighted by Crippen LogP contribution is 2.27. The first-order chi connectivity index (χ1) is 9.74. The van der Waals surface area contributed by atoms with Crippen molar-refractivity contribution in [1.29, 1.82) is 0 Å². The fraction of sp³-hybridized carbons (Fsp3) is 0.647. The summed E-state index contributed by atoms with van der Waals surface area (Å²) in [5.74, 6) is 0. The third-order valence-electron chi connectivity index (χ3n) is 3.34. The van der Waals surface area contributed by atoms with Gasteiger partial charge in [-0.3, -0.25) is 0 Å². The van der Waals surface area contributed by atoms with Gasteiger partial charge in [0.2, 0.25) is 0 Å². The zero-order valence-electron chi connectivity index (χ0n) is 13.9. The van der Waals surface area contributed by atoms with Crippen LogP contribution in [0.25, 0.3) is 0 Å². The number of halogens is 1. The summed E-state index contributed by atoms with van der Waals surface area (Å²) >= 11 is 3.57. The first-order valence-electron chi connectivity index (χ1n) is 7.65. The minimum absolute atomic E-state index is 0.0906. The number of hydrogen-bond donors (Lipinski definition) is 2. The summed E-state index contributed by atoms with van der Waals surface area (Å²) in [7, 11) is 0. The standard InChI is InChI=1S/C17H29BrN2O/c1-13(2)20(9-6-10-21)16-8-7-15(18)11-14(16)12-19-17(3,4)5/h7-8,11,13,19,21H,6,9-10,12H2,1-5H3. The van der Waals surface area contributed by atoms with Gasteiger partial charge in [0.1, 0.15) is 0 Å². The molecule has 21 heavy (non-hydrogen) atoms. The normalized spacial score (nSPS) is 12.0. The highest BCUT2D eigenvalue weighted by molar-refractivity contribution is 9.10. The number of nitrogens with zero attached hydrogens (tertiary/aromatic N) is 1. The first-order valence-corrected chi connectivity index (χ1v) is 8.45. The van der Waals surface area contributed by atoms with Crippen LogP contribution < -0.4 is 10.2 Å². The molecular weight excluding hydrogens is 328 g/mol. The van der Waals surface area contributed by atoms with Crippen LogP contribution in [0.3, 0.4) is 0 Å². The molecule has 1 aromatic rings. The summed E-state index contributed by atoms with van der Waals surface area (Å²) in [6, 6.07) is 6.85. The number of nitrogens with one attached hydrogen (secondary N) is 1. The number of rotatable bonds is 7. The summed E-state index contributed by atoms with van der Waals surface area (Å²) in [5.41, 5.74) is 2.62. The van der Waals surface area contributed by atoms with Crippen LogP contribution in [-0.2, 0) is 6.54 Å². The lowest BCUT2D eigenvalue weighted by Crippen LogP contribution is -2.37. The Morgan fingerprint density at radius 2 is 1.95 bits per heavy atom. The van der Waals surface area contributed by atoms with Crippen LogP contribution in [0, 0.1) is 0 Å². The Labute approximate surface area is 137 Å². The lowest BCUT2D eigenvalue weighted by atomic mass is 10.1. The molecule has 3 nitrogen and oxygen atoms in total. The molecule has 0 heterocycles. The molecule has 0 unspecified atom stereocenters. The van der Waals surface area contributed by atoms with Crippen LogP contribution in [0.2, 0.25) is 0 Å². The predicted octanol–water partition coefficient (Wildman–Crippen LogP) is 3.93. The van der Waals surface area contributed by atoms with Crippen LogP contribution in [0.5, 0.6) is 0 Å². The van der Waals surface area contributed by atoms with E-state index in [4.69, 9.17) is 5.11 Å². The third-order valence-corrected chi connectivity index (χ3v) is 3.83. The molecule has 4 heteroatoms. The lowest BCUT2D eigenvalue weighted by molar-refractivity contribution is 0.288. The Morgan fingerprint density at radius 1 is 1.29 bits per heavy atom. The second-order valence-electron chi connectivity index (χ2n) is 6.74. The highest BCUT2D eigenvalue weighted by atomic mass is 79.9. The number of aliphatic hydroxyl groups excluding tert-OH is 1. The van der Waals surface area contributed by atoms with Crippen molar-refractivity contribution in [3.8, 4) is 0 Å². The molecule has 2 N–H and O–H groups in total. The zero-order chi connectivity index (χ0) is 16.0. The molecule has 0 bridgehead atoms. The average Bonchev–Trinajstić information content (AvgIpc) is 2.37. The van der Waals surface area contributed by atoms with Gasteiger partial charge in [-0.15, -0.1) is 0 Å². The fourth-order valence-electron chi connectivity index (χ4n) is 2.23. The van der Waals surface area contributed by atoms with Gasteiger partial charge < -0.3 is 15.3 Å². The van der Waals surface area contributed by atoms with E-state index in [2.05, 4.69) is 79.0 Å². The molecule has 1 aromatic carbocycles. The second kappa shape index (κ2) is 8.16. The van der Waals surface area contributed by atoms with Crippen LogP contribution >= 0.6 is 15.9 Å². The summed E-state index contributed by atoms with van der Waals surface area (Å²) in [6.45, 7) is 12.9. The molecule has 120 valence electrons. The summed E-state index contributed by atoms with van der Waals surface area (Å²) in [4.78, 5) is 2.36. The Kier molecular flexibility index (Phi) is 7.17. The summed E-state index contributed by atoms with van der Waals surface area (Å²) < 4.78 is 1.10. The maximum absolute atomic E-state index is 9.12. The zero-order valence-corrected chi connectivity index (χ0v) is 15.5. The van der Waals surface area contributed by atoms with E-state index >= 15 is 0 Å². The minimum atomic E-state index is 0.0906. The van der Waals surface area contributed by atoms with E-state index in [1.807, 2.05) is 0 Å². The first kappa shape index (κ1) is 18.5. The van der Waals surface area contributed by atoms with Crippen LogP contribution in [0.4, 0.5) is 5.69 Å². The maximum Gasteiger partial charge on any atom is 0.0447 e. The van der Waals surface area contributed by atoms with E-state index < -0.39 is 0 Å². The summed E-state index contributed by atoms with van der Waals surface area (Å²) in [6.07, 6.45) is 0.792. The van der Waals surface area contributed by atoms with Crippen LogP contribution in [0.1, 0.15) is 46.6 Å². The minimum Gasteiger partial charge on any atom is -0.396 e. The molecular formula is C17H29BrN2O.